The molecule has 150 valence electrons. The van der Waals surface area contributed by atoms with Gasteiger partial charge in [0.1, 0.15) is 5.70 Å². The van der Waals surface area contributed by atoms with Crippen molar-refractivity contribution in [1.29, 1.82) is 0 Å². The Kier molecular flexibility index (Phi) is 7.67. The van der Waals surface area contributed by atoms with Crippen molar-refractivity contribution < 1.29 is 23.9 Å². The molecule has 1 unspecified atom stereocenters. The van der Waals surface area contributed by atoms with E-state index in [-0.39, 0.29) is 5.70 Å². The number of anilines is 1. The van der Waals surface area contributed by atoms with E-state index in [0.29, 0.717) is 11.3 Å². The van der Waals surface area contributed by atoms with Crippen molar-refractivity contribution in [3.8, 4) is 0 Å². The van der Waals surface area contributed by atoms with Crippen LogP contribution in [0.3, 0.4) is 0 Å². The lowest BCUT2D eigenvalue weighted by atomic mass is 10.2. The molecule has 0 aliphatic heterocycles. The predicted octanol–water partition coefficient (Wildman–Crippen LogP) is 2.44. The Morgan fingerprint density at radius 3 is 2.07 bits per heavy atom. The number of esters is 1. The summed E-state index contributed by atoms with van der Waals surface area (Å²) in [5, 5.41) is 6.96. The molecule has 0 saturated heterocycles. The Morgan fingerprint density at radius 2 is 1.48 bits per heavy atom. The molecule has 3 N–H and O–H groups in total. The number of urea groups is 1. The summed E-state index contributed by atoms with van der Waals surface area (Å²) in [6.45, 7) is 2.56. The molecule has 8 heteroatoms. The number of carbonyl (C=O) groups is 4. The average molecular weight is 395 g/mol. The Balaban J connectivity index is 1.98. The molecule has 0 aliphatic carbocycles. The molecule has 2 rings (SSSR count). The first-order valence-electron chi connectivity index (χ1n) is 8.77. The van der Waals surface area contributed by atoms with Gasteiger partial charge < -0.3 is 15.4 Å². The van der Waals surface area contributed by atoms with Gasteiger partial charge >= 0.3 is 12.0 Å². The van der Waals surface area contributed by atoms with Crippen LogP contribution < -0.4 is 16.0 Å². The first-order chi connectivity index (χ1) is 13.8. The number of amides is 4. The van der Waals surface area contributed by atoms with E-state index in [0.717, 1.165) is 0 Å². The first-order valence-corrected chi connectivity index (χ1v) is 8.77. The number of para-hydroxylation sites is 1. The van der Waals surface area contributed by atoms with Crippen molar-refractivity contribution >= 4 is 35.6 Å². The Morgan fingerprint density at radius 1 is 0.897 bits per heavy atom. The van der Waals surface area contributed by atoms with Crippen LogP contribution in [0.25, 0.3) is 6.08 Å². The molecule has 0 aliphatic rings. The molecule has 0 radical (unpaired) electrons. The second-order valence-corrected chi connectivity index (χ2v) is 6.01. The zero-order valence-corrected chi connectivity index (χ0v) is 16.0. The summed E-state index contributed by atoms with van der Waals surface area (Å²) in [7, 11) is 0. The van der Waals surface area contributed by atoms with Crippen LogP contribution in [-0.4, -0.2) is 29.9 Å². The van der Waals surface area contributed by atoms with Gasteiger partial charge in [0.15, 0.2) is 6.10 Å². The quantitative estimate of drug-likeness (QED) is 0.514. The van der Waals surface area contributed by atoms with Crippen LogP contribution in [0.5, 0.6) is 0 Å². The Bertz CT molecular complexity index is 910. The molecule has 0 fully saturated rings. The largest absolute Gasteiger partial charge is 0.448 e. The number of hydrogen-bond acceptors (Lipinski definition) is 5. The topological polar surface area (TPSA) is 114 Å². The van der Waals surface area contributed by atoms with E-state index < -0.39 is 29.9 Å². The van der Waals surface area contributed by atoms with E-state index in [1.807, 2.05) is 0 Å². The summed E-state index contributed by atoms with van der Waals surface area (Å²) in [6, 6.07) is 16.6. The van der Waals surface area contributed by atoms with Gasteiger partial charge in [-0.15, -0.1) is 0 Å². The zero-order chi connectivity index (χ0) is 21.2. The summed E-state index contributed by atoms with van der Waals surface area (Å²) in [5.41, 5.74) is 1.03. The molecule has 2 aromatic carbocycles. The highest BCUT2D eigenvalue weighted by atomic mass is 16.5. The van der Waals surface area contributed by atoms with Gasteiger partial charge in [0.25, 0.3) is 5.91 Å². The van der Waals surface area contributed by atoms with Crippen LogP contribution >= 0.6 is 0 Å². The van der Waals surface area contributed by atoms with Gasteiger partial charge in [-0.3, -0.25) is 14.9 Å². The van der Waals surface area contributed by atoms with E-state index in [4.69, 9.17) is 4.74 Å². The smallest absolute Gasteiger partial charge is 0.355 e. The number of carbonyl (C=O) groups excluding carboxylic acids is 4. The van der Waals surface area contributed by atoms with Crippen LogP contribution in [0, 0.1) is 0 Å². The van der Waals surface area contributed by atoms with Gasteiger partial charge in [0, 0.05) is 12.6 Å². The highest BCUT2D eigenvalue weighted by Crippen LogP contribution is 2.08. The number of ether oxygens (including phenoxy) is 1. The number of imide groups is 1. The average Bonchev–Trinajstić information content (AvgIpc) is 2.68. The normalized spacial score (nSPS) is 11.7. The van der Waals surface area contributed by atoms with E-state index in [1.165, 1.54) is 19.9 Å². The molecule has 0 saturated carbocycles. The molecule has 0 spiro atoms. The number of nitrogens with one attached hydrogen (secondary N) is 3. The van der Waals surface area contributed by atoms with Gasteiger partial charge in [-0.1, -0.05) is 48.5 Å². The molecular formula is C21H21N3O5. The maximum Gasteiger partial charge on any atom is 0.355 e. The molecule has 0 aromatic heterocycles. The summed E-state index contributed by atoms with van der Waals surface area (Å²) >= 11 is 0. The maximum atomic E-state index is 12.4. The second-order valence-electron chi connectivity index (χ2n) is 6.01. The van der Waals surface area contributed by atoms with E-state index in [9.17, 15) is 19.2 Å². The molecule has 2 aromatic rings. The monoisotopic (exact) mass is 395 g/mol. The third-order valence-corrected chi connectivity index (χ3v) is 3.56. The van der Waals surface area contributed by atoms with Crippen molar-refractivity contribution in [1.82, 2.24) is 10.6 Å². The second kappa shape index (κ2) is 10.4. The van der Waals surface area contributed by atoms with Crippen LogP contribution in [0.2, 0.25) is 0 Å². The highest BCUT2D eigenvalue weighted by molar-refractivity contribution is 6.04. The predicted molar refractivity (Wildman–Crippen MR) is 107 cm³/mol. The molecule has 4 amide bonds. The SMILES string of the molecule is CC(=O)N/C(=C\c1ccccc1)C(=O)OC(C)C(=O)NC(=O)Nc1ccccc1. The van der Waals surface area contributed by atoms with Crippen molar-refractivity contribution in [2.45, 2.75) is 20.0 Å². The third kappa shape index (κ3) is 7.30. The minimum absolute atomic E-state index is 0.128. The fourth-order valence-electron chi connectivity index (χ4n) is 2.23. The number of hydrogen-bond donors (Lipinski definition) is 3. The fourth-order valence-corrected chi connectivity index (χ4v) is 2.23. The van der Waals surface area contributed by atoms with E-state index in [2.05, 4.69) is 16.0 Å². The minimum atomic E-state index is -1.27. The van der Waals surface area contributed by atoms with Crippen molar-refractivity contribution in [2.75, 3.05) is 5.32 Å². The molecule has 29 heavy (non-hydrogen) atoms. The lowest BCUT2D eigenvalue weighted by Crippen LogP contribution is -2.42. The van der Waals surface area contributed by atoms with Crippen molar-refractivity contribution in [3.05, 3.63) is 71.9 Å². The van der Waals surface area contributed by atoms with Crippen LogP contribution in [0.4, 0.5) is 10.5 Å². The Hall–Kier alpha value is -3.94. The van der Waals surface area contributed by atoms with Crippen LogP contribution in [0.1, 0.15) is 19.4 Å². The first kappa shape index (κ1) is 21.4. The third-order valence-electron chi connectivity index (χ3n) is 3.56. The van der Waals surface area contributed by atoms with Gasteiger partial charge in [-0.05, 0) is 30.7 Å². The molecule has 8 nitrogen and oxygen atoms in total. The van der Waals surface area contributed by atoms with E-state index in [1.54, 1.807) is 60.7 Å². The fraction of sp³-hybridized carbons (Fsp3) is 0.143. The van der Waals surface area contributed by atoms with E-state index >= 15 is 0 Å². The van der Waals surface area contributed by atoms with Crippen molar-refractivity contribution in [3.63, 3.8) is 0 Å². The number of rotatable bonds is 6. The van der Waals surface area contributed by atoms with Gasteiger partial charge in [-0.2, -0.15) is 0 Å². The van der Waals surface area contributed by atoms with Gasteiger partial charge in [0.05, 0.1) is 0 Å². The summed E-state index contributed by atoms with van der Waals surface area (Å²) < 4.78 is 5.08. The van der Waals surface area contributed by atoms with Crippen molar-refractivity contribution in [2.24, 2.45) is 0 Å². The molecular weight excluding hydrogens is 374 g/mol. The zero-order valence-electron chi connectivity index (χ0n) is 16.0. The van der Waals surface area contributed by atoms with Crippen LogP contribution in [-0.2, 0) is 19.1 Å². The molecule has 0 heterocycles. The summed E-state index contributed by atoms with van der Waals surface area (Å²) in [5.74, 6) is -2.19. The number of benzene rings is 2. The summed E-state index contributed by atoms with van der Waals surface area (Å²) in [6.07, 6.45) is 0.160. The minimum Gasteiger partial charge on any atom is -0.448 e. The molecule has 0 bridgehead atoms. The lowest BCUT2D eigenvalue weighted by molar-refractivity contribution is -0.151. The maximum absolute atomic E-state index is 12.4. The highest BCUT2D eigenvalue weighted by Gasteiger charge is 2.22. The lowest BCUT2D eigenvalue weighted by Gasteiger charge is -2.15. The molecule has 1 atom stereocenters. The van der Waals surface area contributed by atoms with Gasteiger partial charge in [0.2, 0.25) is 5.91 Å². The summed E-state index contributed by atoms with van der Waals surface area (Å²) in [4.78, 5) is 47.8. The van der Waals surface area contributed by atoms with Gasteiger partial charge in [-0.25, -0.2) is 9.59 Å². The standard InChI is InChI=1S/C21H21N3O5/c1-14(19(26)24-21(28)23-17-11-7-4-8-12-17)29-20(27)18(22-15(2)25)13-16-9-5-3-6-10-16/h3-14H,1-2H3,(H,22,25)(H2,23,24,26,28)/b18-13-. The Labute approximate surface area is 167 Å². The van der Waals surface area contributed by atoms with Crippen LogP contribution in [0.15, 0.2) is 66.4 Å².